The molecule has 2 fully saturated rings. The van der Waals surface area contributed by atoms with Gasteiger partial charge in [0.2, 0.25) is 10.0 Å². The number of fused-ring (bicyclic) bond motifs is 1. The fraction of sp³-hybridized carbons (Fsp3) is 0.733. The topological polar surface area (TPSA) is 51.5 Å². The van der Waals surface area contributed by atoms with E-state index in [1.807, 2.05) is 18.3 Å². The summed E-state index contributed by atoms with van der Waals surface area (Å²) in [4.78, 5) is 0. The molecule has 1 aromatic rings. The van der Waals surface area contributed by atoms with Crippen molar-refractivity contribution in [2.75, 3.05) is 13.2 Å². The van der Waals surface area contributed by atoms with Crippen LogP contribution in [-0.2, 0) is 27.8 Å². The van der Waals surface area contributed by atoms with E-state index in [0.717, 1.165) is 31.7 Å². The molecule has 0 bridgehead atoms. The van der Waals surface area contributed by atoms with Gasteiger partial charge in [0.25, 0.3) is 0 Å². The molecular formula is C15H22N2O3S. The molecule has 0 aromatic carbocycles. The van der Waals surface area contributed by atoms with Crippen molar-refractivity contribution < 1.29 is 13.2 Å². The predicted molar refractivity (Wildman–Crippen MR) is 79.2 cm³/mol. The third kappa shape index (κ3) is 2.89. The van der Waals surface area contributed by atoms with E-state index < -0.39 is 10.0 Å². The average molecular weight is 310 g/mol. The molecule has 2 saturated carbocycles. The van der Waals surface area contributed by atoms with Gasteiger partial charge in [-0.25, -0.2) is 8.42 Å². The SMILES string of the molecule is O=S(=O)(C1CC1)N1Cc2cccn2CC(OCC2CC2)C1. The molecule has 1 atom stereocenters. The first-order chi connectivity index (χ1) is 10.1. The first-order valence-electron chi connectivity index (χ1n) is 7.87. The summed E-state index contributed by atoms with van der Waals surface area (Å²) in [6.45, 7) is 2.51. The Balaban J connectivity index is 1.55. The van der Waals surface area contributed by atoms with Gasteiger partial charge in [-0.2, -0.15) is 4.31 Å². The van der Waals surface area contributed by atoms with Crippen LogP contribution in [0.2, 0.25) is 0 Å². The Labute approximate surface area is 125 Å². The van der Waals surface area contributed by atoms with Crippen LogP contribution < -0.4 is 0 Å². The summed E-state index contributed by atoms with van der Waals surface area (Å²) in [5, 5.41) is -0.150. The van der Waals surface area contributed by atoms with Gasteiger partial charge in [0, 0.05) is 31.6 Å². The van der Waals surface area contributed by atoms with E-state index >= 15 is 0 Å². The van der Waals surface area contributed by atoms with E-state index in [-0.39, 0.29) is 11.4 Å². The number of nitrogens with zero attached hydrogens (tertiary/aromatic N) is 2. The molecule has 3 aliphatic rings. The lowest BCUT2D eigenvalue weighted by Crippen LogP contribution is -2.39. The Morgan fingerprint density at radius 2 is 2.00 bits per heavy atom. The second-order valence-corrected chi connectivity index (χ2v) is 8.80. The van der Waals surface area contributed by atoms with Crippen LogP contribution in [0.25, 0.3) is 0 Å². The maximum absolute atomic E-state index is 12.6. The second-order valence-electron chi connectivity index (χ2n) is 6.59. The lowest BCUT2D eigenvalue weighted by Gasteiger charge is -2.23. The largest absolute Gasteiger partial charge is 0.375 e. The van der Waals surface area contributed by atoms with Gasteiger partial charge in [0.15, 0.2) is 0 Å². The quantitative estimate of drug-likeness (QED) is 0.830. The molecule has 1 aliphatic heterocycles. The molecule has 0 N–H and O–H groups in total. The van der Waals surface area contributed by atoms with Gasteiger partial charge >= 0.3 is 0 Å². The molecule has 2 heterocycles. The van der Waals surface area contributed by atoms with Crippen molar-refractivity contribution in [3.8, 4) is 0 Å². The van der Waals surface area contributed by atoms with E-state index in [1.165, 1.54) is 12.8 Å². The zero-order valence-electron chi connectivity index (χ0n) is 12.1. The van der Waals surface area contributed by atoms with Crippen LogP contribution in [0.3, 0.4) is 0 Å². The summed E-state index contributed by atoms with van der Waals surface area (Å²) < 4.78 is 35.0. The molecule has 21 heavy (non-hydrogen) atoms. The van der Waals surface area contributed by atoms with E-state index in [2.05, 4.69) is 4.57 Å². The zero-order chi connectivity index (χ0) is 14.4. The first kappa shape index (κ1) is 13.8. The van der Waals surface area contributed by atoms with Gasteiger partial charge in [-0.05, 0) is 43.7 Å². The summed E-state index contributed by atoms with van der Waals surface area (Å²) in [5.74, 6) is 0.700. The fourth-order valence-corrected chi connectivity index (χ4v) is 4.79. The minimum absolute atomic E-state index is 0.0345. The van der Waals surface area contributed by atoms with Gasteiger partial charge < -0.3 is 9.30 Å². The Morgan fingerprint density at radius 3 is 2.71 bits per heavy atom. The molecule has 4 rings (SSSR count). The van der Waals surface area contributed by atoms with E-state index in [9.17, 15) is 8.42 Å². The number of rotatable bonds is 5. The number of hydrogen-bond acceptors (Lipinski definition) is 3. The van der Waals surface area contributed by atoms with Crippen molar-refractivity contribution >= 4 is 10.0 Å². The monoisotopic (exact) mass is 310 g/mol. The third-order valence-corrected chi connectivity index (χ3v) is 6.95. The maximum atomic E-state index is 12.6. The highest BCUT2D eigenvalue weighted by Gasteiger charge is 2.42. The standard InChI is InChI=1S/C15H22N2O3S/c18-21(19,15-5-6-15)17-8-13-2-1-7-16(13)9-14(10-17)20-11-12-3-4-12/h1-2,7,12,14-15H,3-6,8-11H2. The summed E-state index contributed by atoms with van der Waals surface area (Å²) in [6.07, 6.45) is 6.13. The molecule has 116 valence electrons. The van der Waals surface area contributed by atoms with Crippen LogP contribution in [0.5, 0.6) is 0 Å². The summed E-state index contributed by atoms with van der Waals surface area (Å²) in [6, 6.07) is 4.00. The lowest BCUT2D eigenvalue weighted by atomic mass is 10.3. The molecular weight excluding hydrogens is 288 g/mol. The smallest absolute Gasteiger partial charge is 0.217 e. The van der Waals surface area contributed by atoms with Crippen LogP contribution >= 0.6 is 0 Å². The minimum Gasteiger partial charge on any atom is -0.375 e. The molecule has 2 aliphatic carbocycles. The predicted octanol–water partition coefficient (Wildman–Crippen LogP) is 1.59. The third-order valence-electron chi connectivity index (χ3n) is 4.64. The van der Waals surface area contributed by atoms with Crippen LogP contribution in [0, 0.1) is 5.92 Å². The molecule has 0 radical (unpaired) electrons. The van der Waals surface area contributed by atoms with Gasteiger partial charge in [-0.3, -0.25) is 0 Å². The van der Waals surface area contributed by atoms with E-state index in [0.29, 0.717) is 19.0 Å². The van der Waals surface area contributed by atoms with Crippen molar-refractivity contribution in [1.29, 1.82) is 0 Å². The molecule has 6 heteroatoms. The van der Waals surface area contributed by atoms with Crippen LogP contribution in [0.15, 0.2) is 18.3 Å². The van der Waals surface area contributed by atoms with Gasteiger partial charge in [0.1, 0.15) is 0 Å². The highest BCUT2D eigenvalue weighted by Crippen LogP contribution is 2.33. The minimum atomic E-state index is -3.15. The number of hydrogen-bond donors (Lipinski definition) is 0. The van der Waals surface area contributed by atoms with Gasteiger partial charge in [0.05, 0.1) is 17.9 Å². The molecule has 5 nitrogen and oxygen atoms in total. The number of sulfonamides is 1. The fourth-order valence-electron chi connectivity index (χ4n) is 2.95. The Bertz CT molecular complexity index is 617. The molecule has 1 aromatic heterocycles. The Hall–Kier alpha value is -0.850. The summed E-state index contributed by atoms with van der Waals surface area (Å²) in [5.41, 5.74) is 1.07. The molecule has 1 unspecified atom stereocenters. The van der Waals surface area contributed by atoms with Crippen molar-refractivity contribution in [3.63, 3.8) is 0 Å². The normalized spacial score (nSPS) is 27.3. The average Bonchev–Trinajstić information content (AvgIpc) is 3.35. The summed E-state index contributed by atoms with van der Waals surface area (Å²) in [7, 11) is -3.15. The van der Waals surface area contributed by atoms with Crippen LogP contribution in [0.4, 0.5) is 0 Å². The van der Waals surface area contributed by atoms with Gasteiger partial charge in [-0.1, -0.05) is 0 Å². The highest BCUT2D eigenvalue weighted by molar-refractivity contribution is 7.90. The zero-order valence-corrected chi connectivity index (χ0v) is 13.0. The molecule has 0 spiro atoms. The first-order valence-corrected chi connectivity index (χ1v) is 9.38. The van der Waals surface area contributed by atoms with Gasteiger partial charge in [-0.15, -0.1) is 0 Å². The van der Waals surface area contributed by atoms with Crippen LogP contribution in [0.1, 0.15) is 31.4 Å². The van der Waals surface area contributed by atoms with E-state index in [4.69, 9.17) is 4.74 Å². The molecule has 0 saturated heterocycles. The van der Waals surface area contributed by atoms with Crippen LogP contribution in [-0.4, -0.2) is 41.8 Å². The van der Waals surface area contributed by atoms with E-state index in [1.54, 1.807) is 4.31 Å². The Kier molecular flexibility index (Phi) is 3.35. The maximum Gasteiger partial charge on any atom is 0.217 e. The van der Waals surface area contributed by atoms with Crippen molar-refractivity contribution in [3.05, 3.63) is 24.0 Å². The van der Waals surface area contributed by atoms with Crippen molar-refractivity contribution in [2.24, 2.45) is 5.92 Å². The highest BCUT2D eigenvalue weighted by atomic mass is 32.2. The number of aromatic nitrogens is 1. The number of ether oxygens (including phenoxy) is 1. The second kappa shape index (κ2) is 5.11. The summed E-state index contributed by atoms with van der Waals surface area (Å²) >= 11 is 0. The lowest BCUT2D eigenvalue weighted by molar-refractivity contribution is 0.0276. The Morgan fingerprint density at radius 1 is 1.19 bits per heavy atom. The van der Waals surface area contributed by atoms with Crippen molar-refractivity contribution in [1.82, 2.24) is 8.87 Å². The van der Waals surface area contributed by atoms with Crippen molar-refractivity contribution in [2.45, 2.75) is 50.1 Å². The molecule has 0 amide bonds.